The number of hydrogen-bond donors (Lipinski definition) is 5. The molecule has 0 radical (unpaired) electrons. The Labute approximate surface area is 58.7 Å². The summed E-state index contributed by atoms with van der Waals surface area (Å²) >= 11 is -5.52. The van der Waals surface area contributed by atoms with Crippen molar-refractivity contribution in [2.45, 2.75) is 0 Å². The molecule has 0 spiro atoms. The van der Waals surface area contributed by atoms with Gasteiger partial charge in [0.25, 0.3) is 0 Å². The molecule has 64 valence electrons. The molecule has 0 saturated carbocycles. The molecule has 10 heteroatoms. The Kier molecular flexibility index (Phi) is 5.50. The van der Waals surface area contributed by atoms with Crippen molar-refractivity contribution < 1.29 is 50.3 Å². The Morgan fingerprint density at radius 1 is 1.00 bits per heavy atom. The first kappa shape index (κ1) is 12.9. The molecular formula is H5MoO8P. The van der Waals surface area contributed by atoms with Crippen molar-refractivity contribution in [1.82, 2.24) is 0 Å². The average Bonchev–Trinajstić information content (AvgIpc) is 1.12. The van der Waals surface area contributed by atoms with Gasteiger partial charge in [-0.15, -0.1) is 0 Å². The van der Waals surface area contributed by atoms with Crippen molar-refractivity contribution in [3.8, 4) is 0 Å². The summed E-state index contributed by atoms with van der Waals surface area (Å²) in [4.78, 5) is 21.6. The van der Waals surface area contributed by atoms with E-state index in [-0.39, 0.29) is 0 Å². The third-order valence-corrected chi connectivity index (χ3v) is 0. The van der Waals surface area contributed by atoms with Crippen LogP contribution in [0.2, 0.25) is 0 Å². The fourth-order valence-corrected chi connectivity index (χ4v) is 0. The van der Waals surface area contributed by atoms with Gasteiger partial charge < -0.3 is 14.7 Å². The van der Waals surface area contributed by atoms with Crippen molar-refractivity contribution in [2.24, 2.45) is 0 Å². The van der Waals surface area contributed by atoms with Crippen LogP contribution in [-0.2, 0) is 28.1 Å². The monoisotopic (exact) mass is 262 g/mol. The van der Waals surface area contributed by atoms with E-state index in [9.17, 15) is 0 Å². The molecule has 0 aliphatic rings. The topological polar surface area (TPSA) is 152 Å². The molecule has 0 rings (SSSR count). The molecule has 0 aliphatic heterocycles. The Hall–Kier alpha value is 0.318. The molecule has 0 bridgehead atoms. The molecule has 0 aliphatic carbocycles. The molecule has 10 heavy (non-hydrogen) atoms. The van der Waals surface area contributed by atoms with Crippen LogP contribution >= 0.6 is 7.82 Å². The van der Waals surface area contributed by atoms with Gasteiger partial charge in [-0.2, -0.15) is 0 Å². The van der Waals surface area contributed by atoms with Gasteiger partial charge in [0.1, 0.15) is 0 Å². The summed E-state index contributed by atoms with van der Waals surface area (Å²) in [6.07, 6.45) is 0. The van der Waals surface area contributed by atoms with Gasteiger partial charge in [-0.3, -0.25) is 0 Å². The van der Waals surface area contributed by atoms with Crippen molar-refractivity contribution in [2.75, 3.05) is 0 Å². The van der Waals surface area contributed by atoms with Crippen LogP contribution in [0.15, 0.2) is 0 Å². The molecule has 0 unspecified atom stereocenters. The van der Waals surface area contributed by atoms with Gasteiger partial charge in [0.2, 0.25) is 0 Å². The maximum atomic E-state index is 8.88. The molecule has 5 N–H and O–H groups in total. The first-order valence-electron chi connectivity index (χ1n) is 1.48. The molecule has 0 aromatic carbocycles. The number of hydrogen-bond acceptors (Lipinski definition) is 3. The Morgan fingerprint density at radius 2 is 1.00 bits per heavy atom. The molecule has 0 aromatic heterocycles. The zero-order chi connectivity index (χ0) is 9.00. The van der Waals surface area contributed by atoms with E-state index < -0.39 is 24.6 Å². The van der Waals surface area contributed by atoms with Gasteiger partial charge >= 0.3 is 38.9 Å². The Balaban J connectivity index is 0. The fourth-order valence-electron chi connectivity index (χ4n) is 0. The molecule has 0 amide bonds. The first-order chi connectivity index (χ1) is 4.00. The van der Waals surface area contributed by atoms with Crippen LogP contribution in [0.4, 0.5) is 0 Å². The van der Waals surface area contributed by atoms with Gasteiger partial charge in [0, 0.05) is 0 Å². The molecule has 8 nitrogen and oxygen atoms in total. The SMILES string of the molecule is O=P(O)(O)O.[O]=[Mo](=[O])([OH])[OH]. The predicted molar refractivity (Wildman–Crippen MR) is 20.1 cm³/mol. The summed E-state index contributed by atoms with van der Waals surface area (Å²) in [6.45, 7) is 0. The minimum absolute atomic E-state index is 4.64. The molecular weight excluding hydrogens is 255 g/mol. The van der Waals surface area contributed by atoms with E-state index in [2.05, 4.69) is 0 Å². The standard InChI is InChI=1S/Mo.H3O4P.2H2O.2O/c;1-5(2,3)4;;;;/h;(H3,1,2,3,4);2*1H2;;/q+2;;;;;/p-2. The van der Waals surface area contributed by atoms with Gasteiger partial charge in [0.05, 0.1) is 0 Å². The van der Waals surface area contributed by atoms with Crippen LogP contribution in [0.3, 0.4) is 0 Å². The van der Waals surface area contributed by atoms with Crippen LogP contribution in [0, 0.1) is 0 Å². The van der Waals surface area contributed by atoms with Crippen LogP contribution in [-0.4, -0.2) is 22.2 Å². The van der Waals surface area contributed by atoms with E-state index in [1.807, 2.05) is 0 Å². The second kappa shape index (κ2) is 4.25. The van der Waals surface area contributed by atoms with Crippen LogP contribution in [0.25, 0.3) is 0 Å². The summed E-state index contributed by atoms with van der Waals surface area (Å²) in [5.74, 6) is 0. The number of phosphoric acid groups is 1. The van der Waals surface area contributed by atoms with Crippen LogP contribution < -0.4 is 0 Å². The predicted octanol–water partition coefficient (Wildman–Crippen LogP) is -2.28. The Bertz CT molecular complexity index is 187. The summed E-state index contributed by atoms with van der Waals surface area (Å²) < 4.78 is 40.9. The molecule has 0 saturated heterocycles. The third-order valence-electron chi connectivity index (χ3n) is 0. The second-order valence-electron chi connectivity index (χ2n) is 0.961. The zero-order valence-corrected chi connectivity index (χ0v) is 7.22. The second-order valence-corrected chi connectivity index (χ2v) is 4.19. The van der Waals surface area contributed by atoms with E-state index in [0.717, 1.165) is 0 Å². The van der Waals surface area contributed by atoms with Crippen molar-refractivity contribution in [3.63, 3.8) is 0 Å². The maximum absolute atomic E-state index is 8.88. The number of rotatable bonds is 0. The van der Waals surface area contributed by atoms with Gasteiger partial charge in [-0.05, 0) is 0 Å². The van der Waals surface area contributed by atoms with E-state index >= 15 is 0 Å². The van der Waals surface area contributed by atoms with Crippen LogP contribution in [0.1, 0.15) is 0 Å². The average molecular weight is 260 g/mol. The minimum atomic E-state index is -5.52. The van der Waals surface area contributed by atoms with E-state index in [4.69, 9.17) is 33.6 Å². The third kappa shape index (κ3) is 4400. The van der Waals surface area contributed by atoms with Crippen molar-refractivity contribution >= 4 is 7.82 Å². The summed E-state index contributed by atoms with van der Waals surface area (Å²) in [7, 11) is -4.64. The van der Waals surface area contributed by atoms with Gasteiger partial charge in [0.15, 0.2) is 0 Å². The van der Waals surface area contributed by atoms with Crippen molar-refractivity contribution in [1.29, 1.82) is 0 Å². The first-order valence-corrected chi connectivity index (χ1v) is 6.48. The molecule has 0 fully saturated rings. The van der Waals surface area contributed by atoms with E-state index in [1.165, 1.54) is 0 Å². The zero-order valence-electron chi connectivity index (χ0n) is 4.32. The van der Waals surface area contributed by atoms with Gasteiger partial charge in [-0.1, -0.05) is 0 Å². The van der Waals surface area contributed by atoms with Crippen molar-refractivity contribution in [3.05, 3.63) is 0 Å². The summed E-state index contributed by atoms with van der Waals surface area (Å²) in [6, 6.07) is 0. The van der Waals surface area contributed by atoms with Gasteiger partial charge in [-0.25, -0.2) is 4.57 Å². The summed E-state index contributed by atoms with van der Waals surface area (Å²) in [5.41, 5.74) is 0. The van der Waals surface area contributed by atoms with E-state index in [1.54, 1.807) is 0 Å². The quantitative estimate of drug-likeness (QED) is 0.241. The Morgan fingerprint density at radius 3 is 1.00 bits per heavy atom. The molecule has 0 aromatic rings. The van der Waals surface area contributed by atoms with Crippen LogP contribution in [0.5, 0.6) is 0 Å². The molecule has 0 heterocycles. The fraction of sp³-hybridized carbons (Fsp3) is 0. The normalized spacial score (nSPS) is 11.7. The summed E-state index contributed by atoms with van der Waals surface area (Å²) in [5, 5.41) is 0. The molecule has 0 atom stereocenters. The van der Waals surface area contributed by atoms with E-state index in [0.29, 0.717) is 0 Å².